The summed E-state index contributed by atoms with van der Waals surface area (Å²) in [6.07, 6.45) is 3.06. The molecule has 2 aromatic rings. The van der Waals surface area contributed by atoms with Crippen molar-refractivity contribution in [1.82, 2.24) is 9.88 Å². The highest BCUT2D eigenvalue weighted by Gasteiger charge is 2.42. The van der Waals surface area contributed by atoms with Crippen LogP contribution in [0.5, 0.6) is 0 Å². The van der Waals surface area contributed by atoms with Gasteiger partial charge in [0.05, 0.1) is 25.0 Å². The van der Waals surface area contributed by atoms with Crippen molar-refractivity contribution in [3.8, 4) is 0 Å². The highest BCUT2D eigenvalue weighted by molar-refractivity contribution is 9.10. The SMILES string of the molecule is CCOC(=O)C1=C2CC(COS(C)(=O)=O)CN2C(c2nccs2)=NC1c1ccc(F)cc1Br. The van der Waals surface area contributed by atoms with Crippen LogP contribution in [-0.2, 0) is 23.8 Å². The van der Waals surface area contributed by atoms with Crippen molar-refractivity contribution < 1.29 is 26.5 Å². The van der Waals surface area contributed by atoms with Crippen molar-refractivity contribution in [3.05, 3.63) is 61.9 Å². The average molecular weight is 558 g/mol. The Hall–Kier alpha value is -2.15. The van der Waals surface area contributed by atoms with E-state index in [0.717, 1.165) is 6.26 Å². The van der Waals surface area contributed by atoms with Gasteiger partial charge < -0.3 is 9.64 Å². The van der Waals surface area contributed by atoms with Crippen LogP contribution in [0.2, 0.25) is 0 Å². The molecule has 2 aliphatic rings. The highest BCUT2D eigenvalue weighted by Crippen LogP contribution is 2.44. The van der Waals surface area contributed by atoms with Gasteiger partial charge in [0.25, 0.3) is 10.1 Å². The lowest BCUT2D eigenvalue weighted by atomic mass is 9.94. The van der Waals surface area contributed by atoms with E-state index in [9.17, 15) is 17.6 Å². The molecule has 0 amide bonds. The zero-order valence-corrected chi connectivity index (χ0v) is 21.0. The smallest absolute Gasteiger partial charge is 0.338 e. The molecule has 0 bridgehead atoms. The van der Waals surface area contributed by atoms with Gasteiger partial charge >= 0.3 is 5.97 Å². The van der Waals surface area contributed by atoms with E-state index in [1.807, 2.05) is 10.3 Å². The fourth-order valence-electron chi connectivity index (χ4n) is 3.92. The van der Waals surface area contributed by atoms with Crippen molar-refractivity contribution in [2.45, 2.75) is 19.4 Å². The first-order chi connectivity index (χ1) is 15.7. The predicted molar refractivity (Wildman–Crippen MR) is 125 cm³/mol. The number of fused-ring (bicyclic) bond motifs is 1. The van der Waals surface area contributed by atoms with E-state index in [-0.39, 0.29) is 19.1 Å². The third-order valence-corrected chi connectivity index (χ3v) is 7.25. The van der Waals surface area contributed by atoms with Gasteiger partial charge in [0, 0.05) is 34.2 Å². The number of esters is 1. The van der Waals surface area contributed by atoms with E-state index in [1.54, 1.807) is 19.2 Å². The van der Waals surface area contributed by atoms with E-state index in [0.29, 0.717) is 45.1 Å². The molecule has 33 heavy (non-hydrogen) atoms. The van der Waals surface area contributed by atoms with E-state index < -0.39 is 27.9 Å². The average Bonchev–Trinajstić information content (AvgIpc) is 3.41. The van der Waals surface area contributed by atoms with Gasteiger partial charge in [-0.05, 0) is 31.0 Å². The second-order valence-electron chi connectivity index (χ2n) is 7.61. The molecule has 3 heterocycles. The second kappa shape index (κ2) is 9.61. The third-order valence-electron chi connectivity index (χ3n) is 5.23. The molecule has 2 unspecified atom stereocenters. The first kappa shape index (κ1) is 24.0. The molecule has 0 N–H and O–H groups in total. The predicted octanol–water partition coefficient (Wildman–Crippen LogP) is 3.66. The Morgan fingerprint density at radius 3 is 2.82 bits per heavy atom. The van der Waals surface area contributed by atoms with Crippen LogP contribution in [0.3, 0.4) is 0 Å². The highest BCUT2D eigenvalue weighted by atomic mass is 79.9. The molecule has 1 saturated heterocycles. The lowest BCUT2D eigenvalue weighted by Gasteiger charge is -2.32. The molecule has 1 aromatic heterocycles. The van der Waals surface area contributed by atoms with Crippen LogP contribution in [0, 0.1) is 11.7 Å². The molecular weight excluding hydrogens is 537 g/mol. The van der Waals surface area contributed by atoms with Crippen LogP contribution in [0.15, 0.2) is 50.5 Å². The molecule has 1 aromatic carbocycles. The molecule has 0 aliphatic carbocycles. The molecule has 8 nitrogen and oxygen atoms in total. The summed E-state index contributed by atoms with van der Waals surface area (Å²) >= 11 is 4.80. The number of hydrogen-bond acceptors (Lipinski definition) is 9. The Kier molecular flexibility index (Phi) is 6.99. The number of aliphatic imine (C=N–C) groups is 1. The van der Waals surface area contributed by atoms with Crippen molar-refractivity contribution in [3.63, 3.8) is 0 Å². The van der Waals surface area contributed by atoms with Crippen molar-refractivity contribution in [2.75, 3.05) is 26.0 Å². The summed E-state index contributed by atoms with van der Waals surface area (Å²) in [6, 6.07) is 3.47. The van der Waals surface area contributed by atoms with Crippen molar-refractivity contribution >= 4 is 49.2 Å². The lowest BCUT2D eigenvalue weighted by Crippen LogP contribution is -2.35. The van der Waals surface area contributed by atoms with Crippen LogP contribution in [-0.4, -0.2) is 56.1 Å². The van der Waals surface area contributed by atoms with Gasteiger partial charge in [-0.1, -0.05) is 22.0 Å². The van der Waals surface area contributed by atoms with Gasteiger partial charge in [0.2, 0.25) is 0 Å². The molecule has 4 rings (SSSR count). The molecule has 12 heteroatoms. The van der Waals surface area contributed by atoms with Crippen molar-refractivity contribution in [2.24, 2.45) is 10.9 Å². The number of rotatable bonds is 7. The number of halogens is 2. The van der Waals surface area contributed by atoms with Gasteiger partial charge in [-0.25, -0.2) is 14.2 Å². The Labute approximate surface area is 203 Å². The number of aromatic nitrogens is 1. The molecule has 0 saturated carbocycles. The first-order valence-corrected chi connectivity index (χ1v) is 13.6. The molecule has 2 aliphatic heterocycles. The van der Waals surface area contributed by atoms with Crippen LogP contribution in [0.1, 0.15) is 30.0 Å². The summed E-state index contributed by atoms with van der Waals surface area (Å²) in [5, 5.41) is 2.48. The van der Waals surface area contributed by atoms with Crippen LogP contribution < -0.4 is 0 Å². The van der Waals surface area contributed by atoms with Gasteiger partial charge in [-0.2, -0.15) is 8.42 Å². The van der Waals surface area contributed by atoms with Crippen molar-refractivity contribution in [1.29, 1.82) is 0 Å². The number of carbonyl (C=O) groups is 1. The monoisotopic (exact) mass is 557 g/mol. The quantitative estimate of drug-likeness (QED) is 0.378. The minimum absolute atomic E-state index is 0.0228. The Morgan fingerprint density at radius 1 is 1.39 bits per heavy atom. The summed E-state index contributed by atoms with van der Waals surface area (Å²) in [5.74, 6) is -0.572. The standard InChI is InChI=1S/C21H21BrFN3O5S2/c1-3-30-21(27)17-16-8-12(11-31-33(2,28)29)10-26(16)19(20-24-6-7-32-20)25-18(17)14-5-4-13(23)9-15(14)22/h4-7,9,12,18H,3,8,10-11H2,1-2H3. The maximum atomic E-state index is 13.8. The number of ether oxygens (including phenoxy) is 1. The fourth-order valence-corrected chi connectivity index (χ4v) is 5.57. The first-order valence-electron chi connectivity index (χ1n) is 10.1. The Bertz CT molecular complexity index is 1230. The van der Waals surface area contributed by atoms with E-state index in [1.165, 1.54) is 23.5 Å². The van der Waals surface area contributed by atoms with E-state index >= 15 is 0 Å². The Morgan fingerprint density at radius 2 is 2.18 bits per heavy atom. The molecular formula is C21H21BrFN3O5S2. The summed E-state index contributed by atoms with van der Waals surface area (Å²) in [5.41, 5.74) is 1.62. The number of amidine groups is 1. The number of benzene rings is 1. The molecule has 0 spiro atoms. The summed E-state index contributed by atoms with van der Waals surface area (Å²) in [4.78, 5) is 24.3. The second-order valence-corrected chi connectivity index (χ2v) is 11.0. The fraction of sp³-hybridized carbons (Fsp3) is 0.381. The topological polar surface area (TPSA) is 98.2 Å². The minimum atomic E-state index is -3.61. The number of allylic oxidation sites excluding steroid dienone is 1. The molecule has 1 fully saturated rings. The molecule has 176 valence electrons. The third kappa shape index (κ3) is 5.18. The van der Waals surface area contributed by atoms with E-state index in [2.05, 4.69) is 20.9 Å². The molecule has 2 atom stereocenters. The number of hydrogen-bond donors (Lipinski definition) is 0. The minimum Gasteiger partial charge on any atom is -0.463 e. The zero-order valence-electron chi connectivity index (χ0n) is 17.8. The van der Waals surface area contributed by atoms with E-state index in [4.69, 9.17) is 13.9 Å². The van der Waals surface area contributed by atoms with Gasteiger partial charge in [0.15, 0.2) is 10.8 Å². The summed E-state index contributed by atoms with van der Waals surface area (Å²) < 4.78 is 47.7. The number of carbonyl (C=O) groups excluding carboxylic acids is 1. The maximum absolute atomic E-state index is 13.8. The number of nitrogens with zero attached hydrogens (tertiary/aromatic N) is 3. The van der Waals surface area contributed by atoms with Crippen LogP contribution in [0.4, 0.5) is 4.39 Å². The van der Waals surface area contributed by atoms with Gasteiger partial charge in [-0.3, -0.25) is 9.18 Å². The summed E-state index contributed by atoms with van der Waals surface area (Å²) in [7, 11) is -3.61. The van der Waals surface area contributed by atoms with Gasteiger partial charge in [-0.15, -0.1) is 11.3 Å². The zero-order chi connectivity index (χ0) is 23.8. The van der Waals surface area contributed by atoms with Crippen LogP contribution in [0.25, 0.3) is 0 Å². The Balaban J connectivity index is 1.84. The normalized spacial score (nSPS) is 20.6. The van der Waals surface area contributed by atoms with Gasteiger partial charge in [0.1, 0.15) is 11.9 Å². The largest absolute Gasteiger partial charge is 0.463 e. The number of thiazole rings is 1. The molecule has 0 radical (unpaired) electrons. The maximum Gasteiger partial charge on any atom is 0.338 e. The lowest BCUT2D eigenvalue weighted by molar-refractivity contribution is -0.139. The summed E-state index contributed by atoms with van der Waals surface area (Å²) in [6.45, 7) is 2.28. The van der Waals surface area contributed by atoms with Crippen LogP contribution >= 0.6 is 27.3 Å².